The molecule has 0 aromatic heterocycles. The Balaban J connectivity index is 0.00000176. The van der Waals surface area contributed by atoms with Gasteiger partial charge in [0, 0.05) is 42.4 Å². The predicted molar refractivity (Wildman–Crippen MR) is 107 cm³/mol. The van der Waals surface area contributed by atoms with Crippen molar-refractivity contribution in [2.75, 3.05) is 25.0 Å². The van der Waals surface area contributed by atoms with Gasteiger partial charge in [0.25, 0.3) is 0 Å². The Labute approximate surface area is 158 Å². The number of nitrogens with zero attached hydrogens (tertiary/aromatic N) is 2. The highest BCUT2D eigenvalue weighted by atomic mass is 127. The van der Waals surface area contributed by atoms with Crippen molar-refractivity contribution in [2.24, 2.45) is 4.99 Å². The van der Waals surface area contributed by atoms with E-state index in [1.807, 2.05) is 7.05 Å². The summed E-state index contributed by atoms with van der Waals surface area (Å²) in [5.74, 6) is 0.961. The molecule has 4 nitrogen and oxygen atoms in total. The summed E-state index contributed by atoms with van der Waals surface area (Å²) in [6, 6.07) is 9.65. The minimum Gasteiger partial charge on any atom is -0.369 e. The van der Waals surface area contributed by atoms with Crippen molar-refractivity contribution in [3.8, 4) is 0 Å². The van der Waals surface area contributed by atoms with E-state index in [0.29, 0.717) is 12.1 Å². The molecule has 0 amide bonds. The van der Waals surface area contributed by atoms with Gasteiger partial charge in [0.05, 0.1) is 0 Å². The van der Waals surface area contributed by atoms with Crippen molar-refractivity contribution in [1.82, 2.24) is 10.6 Å². The summed E-state index contributed by atoms with van der Waals surface area (Å²) in [6.45, 7) is 2.13. The molecule has 1 atom stereocenters. The smallest absolute Gasteiger partial charge is 0.191 e. The van der Waals surface area contributed by atoms with E-state index in [2.05, 4.69) is 60.7 Å². The molecule has 1 aliphatic heterocycles. The molecule has 1 aromatic carbocycles. The first-order valence-electron chi connectivity index (χ1n) is 7.75. The highest BCUT2D eigenvalue weighted by Gasteiger charge is 2.25. The van der Waals surface area contributed by atoms with Gasteiger partial charge in [0.15, 0.2) is 5.96 Å². The highest BCUT2D eigenvalue weighted by Crippen LogP contribution is 2.22. The minimum absolute atomic E-state index is 0. The molecule has 0 spiro atoms. The van der Waals surface area contributed by atoms with E-state index < -0.39 is 0 Å². The molecule has 2 N–H and O–H groups in total. The molecule has 1 aromatic rings. The van der Waals surface area contributed by atoms with Gasteiger partial charge in [-0.15, -0.1) is 24.0 Å². The Morgan fingerprint density at radius 1 is 1.14 bits per heavy atom. The maximum absolute atomic E-state index is 4.35. The van der Waals surface area contributed by atoms with Crippen LogP contribution in [0.25, 0.3) is 0 Å². The number of nitrogens with one attached hydrogen (secondary N) is 2. The Hall–Kier alpha value is -0.500. The molecule has 0 bridgehead atoms. The fraction of sp³-hybridized carbons (Fsp3) is 0.562. The molecule has 2 aliphatic rings. The maximum atomic E-state index is 4.35. The first-order chi connectivity index (χ1) is 10.2. The van der Waals surface area contributed by atoms with Crippen molar-refractivity contribution in [1.29, 1.82) is 0 Å². The molecule has 0 radical (unpaired) electrons. The van der Waals surface area contributed by atoms with Gasteiger partial charge in [-0.2, -0.15) is 0 Å². The number of benzene rings is 1. The van der Waals surface area contributed by atoms with Crippen LogP contribution in [0.1, 0.15) is 25.7 Å². The van der Waals surface area contributed by atoms with Crippen LogP contribution < -0.4 is 15.5 Å². The summed E-state index contributed by atoms with van der Waals surface area (Å²) >= 11 is 3.49. The molecule has 3 rings (SSSR count). The monoisotopic (exact) mass is 478 g/mol. The van der Waals surface area contributed by atoms with Crippen molar-refractivity contribution in [3.63, 3.8) is 0 Å². The van der Waals surface area contributed by atoms with Crippen LogP contribution in [0.4, 0.5) is 5.69 Å². The molecule has 2 fully saturated rings. The molecular weight excluding hydrogens is 455 g/mol. The highest BCUT2D eigenvalue weighted by molar-refractivity contribution is 14.0. The average molecular weight is 479 g/mol. The van der Waals surface area contributed by atoms with Gasteiger partial charge in [-0.05, 0) is 49.9 Å². The largest absolute Gasteiger partial charge is 0.369 e. The average Bonchev–Trinajstić information content (AvgIpc) is 2.90. The number of guanidine groups is 1. The zero-order chi connectivity index (χ0) is 14.7. The summed E-state index contributed by atoms with van der Waals surface area (Å²) < 4.78 is 1.13. The molecule has 1 saturated carbocycles. The van der Waals surface area contributed by atoms with E-state index in [1.54, 1.807) is 0 Å². The summed E-state index contributed by atoms with van der Waals surface area (Å²) in [4.78, 5) is 6.78. The maximum Gasteiger partial charge on any atom is 0.191 e. The number of hydrogen-bond donors (Lipinski definition) is 2. The van der Waals surface area contributed by atoms with Crippen molar-refractivity contribution >= 4 is 51.6 Å². The normalized spacial score (nSPS) is 22.0. The lowest BCUT2D eigenvalue weighted by Crippen LogP contribution is -2.50. The third kappa shape index (κ3) is 4.50. The third-order valence-corrected chi connectivity index (χ3v) is 4.92. The standard InChI is InChI=1S/C16H23BrN4.HI/c1-18-16(19-13-3-2-4-13)20-14-9-10-21(11-14)15-7-5-12(17)6-8-15;/h5-8,13-14H,2-4,9-11H2,1H3,(H2,18,19,20);1H. The molecular formula is C16H24BrIN4. The number of anilines is 1. The van der Waals surface area contributed by atoms with Crippen LogP contribution in [0.5, 0.6) is 0 Å². The SMILES string of the molecule is CN=C(NC1CCC1)NC1CCN(c2ccc(Br)cc2)C1.I. The van der Waals surface area contributed by atoms with Crippen LogP contribution in [0.3, 0.4) is 0 Å². The zero-order valence-electron chi connectivity index (χ0n) is 12.9. The van der Waals surface area contributed by atoms with Crippen molar-refractivity contribution in [3.05, 3.63) is 28.7 Å². The molecule has 122 valence electrons. The fourth-order valence-corrected chi connectivity index (χ4v) is 3.14. The van der Waals surface area contributed by atoms with E-state index in [-0.39, 0.29) is 24.0 Å². The Bertz CT molecular complexity index is 501. The van der Waals surface area contributed by atoms with E-state index >= 15 is 0 Å². The summed E-state index contributed by atoms with van der Waals surface area (Å²) in [7, 11) is 1.86. The van der Waals surface area contributed by atoms with Gasteiger partial charge in [-0.3, -0.25) is 4.99 Å². The second kappa shape index (κ2) is 8.38. The molecule has 22 heavy (non-hydrogen) atoms. The van der Waals surface area contributed by atoms with Gasteiger partial charge in [-0.25, -0.2) is 0 Å². The lowest BCUT2D eigenvalue weighted by atomic mass is 9.93. The fourth-order valence-electron chi connectivity index (χ4n) is 2.87. The van der Waals surface area contributed by atoms with Crippen LogP contribution in [-0.4, -0.2) is 38.2 Å². The lowest BCUT2D eigenvalue weighted by Gasteiger charge is -2.29. The summed E-state index contributed by atoms with van der Waals surface area (Å²) in [5, 5.41) is 7.07. The quantitative estimate of drug-likeness (QED) is 0.397. The number of halogens is 2. The van der Waals surface area contributed by atoms with Crippen LogP contribution in [-0.2, 0) is 0 Å². The van der Waals surface area contributed by atoms with Crippen molar-refractivity contribution < 1.29 is 0 Å². The van der Waals surface area contributed by atoms with Gasteiger partial charge < -0.3 is 15.5 Å². The molecule has 1 saturated heterocycles. The Morgan fingerprint density at radius 3 is 2.41 bits per heavy atom. The van der Waals surface area contributed by atoms with Crippen molar-refractivity contribution in [2.45, 2.75) is 37.8 Å². The van der Waals surface area contributed by atoms with Crippen LogP contribution in [0.15, 0.2) is 33.7 Å². The molecule has 1 unspecified atom stereocenters. The first kappa shape index (κ1) is 17.8. The minimum atomic E-state index is 0. The van der Waals surface area contributed by atoms with E-state index in [4.69, 9.17) is 0 Å². The van der Waals surface area contributed by atoms with Crippen LogP contribution in [0.2, 0.25) is 0 Å². The first-order valence-corrected chi connectivity index (χ1v) is 8.54. The third-order valence-electron chi connectivity index (χ3n) is 4.39. The Morgan fingerprint density at radius 2 is 1.82 bits per heavy atom. The van der Waals surface area contributed by atoms with E-state index in [0.717, 1.165) is 29.9 Å². The Kier molecular flexibility index (Phi) is 6.80. The van der Waals surface area contributed by atoms with Gasteiger partial charge in [0.2, 0.25) is 0 Å². The van der Waals surface area contributed by atoms with E-state index in [9.17, 15) is 0 Å². The van der Waals surface area contributed by atoms with Crippen LogP contribution in [0, 0.1) is 0 Å². The van der Waals surface area contributed by atoms with Gasteiger partial charge >= 0.3 is 0 Å². The topological polar surface area (TPSA) is 39.7 Å². The number of hydrogen-bond acceptors (Lipinski definition) is 2. The lowest BCUT2D eigenvalue weighted by molar-refractivity contribution is 0.378. The second-order valence-electron chi connectivity index (χ2n) is 5.90. The van der Waals surface area contributed by atoms with Gasteiger partial charge in [0.1, 0.15) is 0 Å². The molecule has 1 aliphatic carbocycles. The predicted octanol–water partition coefficient (Wildman–Crippen LogP) is 3.36. The molecule has 1 heterocycles. The molecule has 6 heteroatoms. The number of aliphatic imine (C=N–C) groups is 1. The van der Waals surface area contributed by atoms with E-state index in [1.165, 1.54) is 24.9 Å². The number of rotatable bonds is 3. The summed E-state index contributed by atoms with van der Waals surface area (Å²) in [6.07, 6.45) is 5.05. The zero-order valence-corrected chi connectivity index (χ0v) is 16.8. The second-order valence-corrected chi connectivity index (χ2v) is 6.81. The van der Waals surface area contributed by atoms with Crippen LogP contribution >= 0.6 is 39.9 Å². The van der Waals surface area contributed by atoms with Gasteiger partial charge in [-0.1, -0.05) is 15.9 Å². The summed E-state index contributed by atoms with van der Waals surface area (Å²) in [5.41, 5.74) is 1.30.